The normalized spacial score (nSPS) is 23.1. The number of hydrogen-bond donors (Lipinski definition) is 0. The van der Waals surface area contributed by atoms with Crippen molar-refractivity contribution < 1.29 is 19.1 Å². The van der Waals surface area contributed by atoms with E-state index in [2.05, 4.69) is 0 Å². The molecule has 0 spiro atoms. The van der Waals surface area contributed by atoms with Gasteiger partial charge in [0.05, 0.1) is 25.0 Å². The highest BCUT2D eigenvalue weighted by Crippen LogP contribution is 2.59. The van der Waals surface area contributed by atoms with E-state index < -0.39 is 11.8 Å². The fourth-order valence-electron chi connectivity index (χ4n) is 5.62. The zero-order chi connectivity index (χ0) is 27.6. The van der Waals surface area contributed by atoms with Crippen LogP contribution in [0.25, 0.3) is 0 Å². The van der Waals surface area contributed by atoms with Crippen molar-refractivity contribution in [2.45, 2.75) is 44.8 Å². The van der Waals surface area contributed by atoms with Crippen LogP contribution in [0.3, 0.4) is 0 Å². The van der Waals surface area contributed by atoms with E-state index in [1.165, 1.54) is 0 Å². The lowest BCUT2D eigenvalue weighted by molar-refractivity contribution is -0.174. The van der Waals surface area contributed by atoms with Crippen LogP contribution in [0.1, 0.15) is 36.1 Å². The Kier molecular flexibility index (Phi) is 7.71. The van der Waals surface area contributed by atoms with Gasteiger partial charge < -0.3 is 18.6 Å². The average Bonchev–Trinajstić information content (AvgIpc) is 3.48. The summed E-state index contributed by atoms with van der Waals surface area (Å²) in [5, 5.41) is 1.62. The zero-order valence-corrected chi connectivity index (χ0v) is 23.9. The molecule has 3 heterocycles. The van der Waals surface area contributed by atoms with Crippen LogP contribution in [0.5, 0.6) is 0 Å². The van der Waals surface area contributed by atoms with E-state index in [9.17, 15) is 9.59 Å². The zero-order valence-electron chi connectivity index (χ0n) is 22.3. The number of esters is 2. The second-order valence-electron chi connectivity index (χ2n) is 10.0. The van der Waals surface area contributed by atoms with Crippen LogP contribution < -0.4 is 0 Å². The first-order valence-corrected chi connectivity index (χ1v) is 15.0. The Morgan fingerprint density at radius 2 is 1.05 bits per heavy atom. The maximum atomic E-state index is 13.4. The third-order valence-corrected chi connectivity index (χ3v) is 9.81. The van der Waals surface area contributed by atoms with Gasteiger partial charge >= 0.3 is 11.9 Å². The summed E-state index contributed by atoms with van der Waals surface area (Å²) in [4.78, 5) is 38.5. The van der Waals surface area contributed by atoms with Crippen LogP contribution in [0.2, 0.25) is 0 Å². The number of benzene rings is 2. The number of aromatic nitrogens is 4. The van der Waals surface area contributed by atoms with Crippen LogP contribution >= 0.6 is 23.5 Å². The molecule has 206 valence electrons. The standard InChI is InChI=1S/C30H30N4O4S2/c1-33-21(17-31-29(33)39-19-11-5-3-6-12-19)23-24(26-25(23)27(35)37-15-9-10-16-38-28(26)36)22-18-32-30(34(22)2)40-20-13-7-4-8-14-20/h3-8,11-14,17-18,23-26H,9-10,15-16H2,1-2H3/t23-,24+,25+,26-. The number of fused-ring (bicyclic) bond motifs is 1. The van der Waals surface area contributed by atoms with Crippen molar-refractivity contribution in [1.82, 2.24) is 19.1 Å². The molecule has 0 unspecified atom stereocenters. The van der Waals surface area contributed by atoms with Crippen molar-refractivity contribution in [2.24, 2.45) is 25.9 Å². The highest BCUT2D eigenvalue weighted by molar-refractivity contribution is 7.99. The van der Waals surface area contributed by atoms with Gasteiger partial charge in [0.2, 0.25) is 0 Å². The maximum absolute atomic E-state index is 13.4. The molecule has 1 saturated carbocycles. The van der Waals surface area contributed by atoms with Crippen molar-refractivity contribution in [2.75, 3.05) is 13.2 Å². The molecule has 2 aromatic heterocycles. The molecular formula is C30H30N4O4S2. The Hall–Kier alpha value is -3.50. The SMILES string of the molecule is Cn1c([C@@H]2[C@H]3C(=O)OCCCCOC(=O)[C@H]3[C@@H]2c2cnc(Sc3ccccc3)n2C)cnc1Sc1ccccc1. The summed E-state index contributed by atoms with van der Waals surface area (Å²) < 4.78 is 15.4. The van der Waals surface area contributed by atoms with E-state index in [0.717, 1.165) is 31.5 Å². The summed E-state index contributed by atoms with van der Waals surface area (Å²) in [6.07, 6.45) is 4.98. The van der Waals surface area contributed by atoms with E-state index in [0.29, 0.717) is 26.1 Å². The minimum absolute atomic E-state index is 0.320. The molecule has 2 aliphatic rings. The number of carbonyl (C=O) groups excluding carboxylic acids is 2. The molecule has 0 amide bonds. The molecule has 4 aromatic rings. The number of ether oxygens (including phenoxy) is 2. The Balaban J connectivity index is 1.39. The molecule has 0 bridgehead atoms. The van der Waals surface area contributed by atoms with Gasteiger partial charge in [-0.1, -0.05) is 59.9 Å². The van der Waals surface area contributed by atoms with Gasteiger partial charge in [-0.3, -0.25) is 9.59 Å². The fraction of sp³-hybridized carbons (Fsp3) is 0.333. The predicted octanol–water partition coefficient (Wildman–Crippen LogP) is 5.45. The van der Waals surface area contributed by atoms with Gasteiger partial charge in [-0.05, 0) is 37.1 Å². The Morgan fingerprint density at radius 3 is 1.45 bits per heavy atom. The third kappa shape index (κ3) is 5.06. The van der Waals surface area contributed by atoms with Crippen molar-refractivity contribution in [3.05, 3.63) is 84.4 Å². The van der Waals surface area contributed by atoms with E-state index in [1.807, 2.05) is 96.3 Å². The van der Waals surface area contributed by atoms with Crippen LogP contribution in [0, 0.1) is 11.8 Å². The van der Waals surface area contributed by atoms with Crippen LogP contribution in [-0.2, 0) is 33.2 Å². The fourth-order valence-corrected chi connectivity index (χ4v) is 7.32. The summed E-state index contributed by atoms with van der Waals surface area (Å²) in [5.74, 6) is -2.69. The monoisotopic (exact) mass is 574 g/mol. The minimum Gasteiger partial charge on any atom is -0.465 e. The molecule has 4 atom stereocenters. The third-order valence-electron chi connectivity index (χ3n) is 7.67. The van der Waals surface area contributed by atoms with Crippen molar-refractivity contribution in [3.8, 4) is 0 Å². The molecule has 2 fully saturated rings. The van der Waals surface area contributed by atoms with E-state index in [4.69, 9.17) is 19.4 Å². The summed E-state index contributed by atoms with van der Waals surface area (Å²) in [7, 11) is 3.92. The summed E-state index contributed by atoms with van der Waals surface area (Å²) in [6, 6.07) is 20.1. The van der Waals surface area contributed by atoms with Crippen LogP contribution in [0.4, 0.5) is 0 Å². The lowest BCUT2D eigenvalue weighted by Gasteiger charge is -2.49. The summed E-state index contributed by atoms with van der Waals surface area (Å²) >= 11 is 3.12. The van der Waals surface area contributed by atoms with E-state index in [-0.39, 0.29) is 23.8 Å². The lowest BCUT2D eigenvalue weighted by Crippen LogP contribution is -2.53. The molecule has 1 aliphatic carbocycles. The number of hydrogen-bond acceptors (Lipinski definition) is 8. The molecule has 0 radical (unpaired) electrons. The average molecular weight is 575 g/mol. The van der Waals surface area contributed by atoms with Crippen LogP contribution in [0.15, 0.2) is 93.2 Å². The van der Waals surface area contributed by atoms with E-state index >= 15 is 0 Å². The van der Waals surface area contributed by atoms with Gasteiger partial charge in [0.1, 0.15) is 0 Å². The number of rotatable bonds is 6. The minimum atomic E-state index is -0.666. The van der Waals surface area contributed by atoms with Crippen molar-refractivity contribution in [3.63, 3.8) is 0 Å². The number of imidazole rings is 2. The molecule has 10 heteroatoms. The van der Waals surface area contributed by atoms with Crippen molar-refractivity contribution >= 4 is 35.5 Å². The van der Waals surface area contributed by atoms with Gasteiger partial charge in [0.25, 0.3) is 0 Å². The van der Waals surface area contributed by atoms with Gasteiger partial charge in [0, 0.05) is 59.5 Å². The number of nitrogens with zero attached hydrogens (tertiary/aromatic N) is 4. The highest BCUT2D eigenvalue weighted by atomic mass is 32.2. The Bertz CT molecular complexity index is 1390. The first-order chi connectivity index (χ1) is 19.5. The smallest absolute Gasteiger partial charge is 0.310 e. The van der Waals surface area contributed by atoms with Gasteiger partial charge in [-0.15, -0.1) is 0 Å². The molecular weight excluding hydrogens is 544 g/mol. The molecule has 1 saturated heterocycles. The molecule has 6 rings (SSSR count). The molecule has 0 N–H and O–H groups in total. The molecule has 2 aromatic carbocycles. The second kappa shape index (κ2) is 11.5. The molecule has 8 nitrogen and oxygen atoms in total. The first kappa shape index (κ1) is 26.7. The first-order valence-electron chi connectivity index (χ1n) is 13.3. The largest absolute Gasteiger partial charge is 0.465 e. The van der Waals surface area contributed by atoms with Gasteiger partial charge in [-0.25, -0.2) is 9.97 Å². The van der Waals surface area contributed by atoms with E-state index in [1.54, 1.807) is 23.5 Å². The summed E-state index contributed by atoms with van der Waals surface area (Å²) in [6.45, 7) is 0.641. The Labute approximate surface area is 241 Å². The topological polar surface area (TPSA) is 88.2 Å². The Morgan fingerprint density at radius 1 is 0.650 bits per heavy atom. The molecule has 40 heavy (non-hydrogen) atoms. The quantitative estimate of drug-likeness (QED) is 0.281. The van der Waals surface area contributed by atoms with Gasteiger partial charge in [0.15, 0.2) is 10.3 Å². The maximum Gasteiger partial charge on any atom is 0.310 e. The predicted molar refractivity (Wildman–Crippen MR) is 151 cm³/mol. The van der Waals surface area contributed by atoms with Gasteiger partial charge in [-0.2, -0.15) is 0 Å². The number of carbonyl (C=O) groups is 2. The van der Waals surface area contributed by atoms with Crippen molar-refractivity contribution in [1.29, 1.82) is 0 Å². The highest BCUT2D eigenvalue weighted by Gasteiger charge is 2.61. The second-order valence-corrected chi connectivity index (χ2v) is 12.1. The molecule has 1 aliphatic heterocycles. The summed E-state index contributed by atoms with van der Waals surface area (Å²) in [5.41, 5.74) is 1.76. The van der Waals surface area contributed by atoms with Crippen LogP contribution in [-0.4, -0.2) is 44.3 Å². The number of cyclic esters (lactones) is 2. The lowest BCUT2D eigenvalue weighted by atomic mass is 9.54.